The molecular weight excluding hydrogens is 396 g/mol. The second-order valence-corrected chi connectivity index (χ2v) is 10.4. The predicted molar refractivity (Wildman–Crippen MR) is 118 cm³/mol. The molecule has 4 fully saturated rings. The number of hydrogen-bond acceptors (Lipinski definition) is 4. The van der Waals surface area contributed by atoms with E-state index >= 15 is 0 Å². The van der Waals surface area contributed by atoms with Gasteiger partial charge in [-0.3, -0.25) is 15.6 Å². The number of rotatable bonds is 5. The number of nitrogens with zero attached hydrogens (tertiary/aromatic N) is 2. The minimum Gasteiger partial charge on any atom is -0.280 e. The molecule has 30 heavy (non-hydrogen) atoms. The Morgan fingerprint density at radius 3 is 2.27 bits per heavy atom. The van der Waals surface area contributed by atoms with Crippen molar-refractivity contribution in [3.8, 4) is 0 Å². The summed E-state index contributed by atoms with van der Waals surface area (Å²) in [6.07, 6.45) is 6.71. The molecule has 0 spiro atoms. The van der Waals surface area contributed by atoms with Crippen LogP contribution in [0.15, 0.2) is 36.4 Å². The number of halogens is 1. The average Bonchev–Trinajstić information content (AvgIpc) is 2.73. The number of benzene rings is 1. The lowest BCUT2D eigenvalue weighted by molar-refractivity contribution is -0.125. The summed E-state index contributed by atoms with van der Waals surface area (Å²) in [6, 6.07) is 11.8. The molecule has 4 saturated carbocycles. The highest BCUT2D eigenvalue weighted by Gasteiger charge is 2.49. The van der Waals surface area contributed by atoms with Gasteiger partial charge < -0.3 is 0 Å². The zero-order valence-electron chi connectivity index (χ0n) is 17.6. The van der Waals surface area contributed by atoms with Gasteiger partial charge in [0.1, 0.15) is 0 Å². The molecule has 0 saturated heterocycles. The lowest BCUT2D eigenvalue weighted by Crippen LogP contribution is -2.44. The first-order valence-corrected chi connectivity index (χ1v) is 11.4. The molecule has 0 radical (unpaired) electrons. The van der Waals surface area contributed by atoms with Crippen LogP contribution in [0.25, 0.3) is 0 Å². The van der Waals surface area contributed by atoms with E-state index in [-0.39, 0.29) is 5.91 Å². The van der Waals surface area contributed by atoms with Crippen LogP contribution in [0, 0.1) is 23.7 Å². The van der Waals surface area contributed by atoms with Gasteiger partial charge in [0.15, 0.2) is 11.0 Å². The van der Waals surface area contributed by atoms with E-state index in [1.807, 2.05) is 50.2 Å². The Morgan fingerprint density at radius 1 is 1.00 bits per heavy atom. The molecule has 0 unspecified atom stereocenters. The highest BCUT2D eigenvalue weighted by atomic mass is 35.5. The minimum atomic E-state index is -0.668. The van der Waals surface area contributed by atoms with E-state index in [2.05, 4.69) is 21.0 Å². The van der Waals surface area contributed by atoms with Crippen LogP contribution in [0.3, 0.4) is 0 Å². The van der Waals surface area contributed by atoms with Crippen molar-refractivity contribution in [3.05, 3.63) is 52.7 Å². The van der Waals surface area contributed by atoms with Gasteiger partial charge in [0, 0.05) is 0 Å². The lowest BCUT2D eigenvalue weighted by atomic mass is 9.51. The topological polar surface area (TPSA) is 66.9 Å². The average molecular weight is 425 g/mol. The number of carbonyl (C=O) groups excluding carboxylic acids is 1. The number of hydrogen-bond donors (Lipinski definition) is 2. The van der Waals surface area contributed by atoms with Crippen molar-refractivity contribution in [1.82, 2.24) is 15.6 Å². The van der Waals surface area contributed by atoms with Gasteiger partial charge in [-0.15, -0.1) is 10.2 Å². The molecule has 0 aliphatic heterocycles. The Hall–Kier alpha value is -2.14. The fraction of sp³-hybridized carbons (Fsp3) is 0.542. The molecule has 1 aromatic carbocycles. The summed E-state index contributed by atoms with van der Waals surface area (Å²) in [4.78, 5) is 12.8. The molecule has 4 aliphatic rings. The molecule has 158 valence electrons. The van der Waals surface area contributed by atoms with Crippen LogP contribution in [-0.4, -0.2) is 16.1 Å². The Balaban J connectivity index is 1.32. The van der Waals surface area contributed by atoms with Crippen molar-refractivity contribution < 1.29 is 4.79 Å². The Labute approximate surface area is 183 Å². The van der Waals surface area contributed by atoms with Crippen LogP contribution in [0.5, 0.6) is 0 Å². The Morgan fingerprint density at radius 2 is 1.63 bits per heavy atom. The van der Waals surface area contributed by atoms with Crippen LogP contribution in [0.1, 0.15) is 63.0 Å². The third-order valence-electron chi connectivity index (χ3n) is 7.73. The van der Waals surface area contributed by atoms with Crippen molar-refractivity contribution in [3.63, 3.8) is 0 Å². The molecule has 4 aliphatic carbocycles. The fourth-order valence-corrected chi connectivity index (χ4v) is 6.60. The van der Waals surface area contributed by atoms with Gasteiger partial charge in [-0.25, -0.2) is 0 Å². The standard InChI is InChI=1S/C24H29ClN4O/c1-24(2,18-6-4-3-5-7-18)23(30)29-27-20-13-19(22(25)28-26-20)21-16-9-14-8-15(11-16)12-17(21)10-14/h3-7,13-17,21H,8-12H2,1-2H3,(H,26,27)(H,29,30). The number of aromatic nitrogens is 2. The van der Waals surface area contributed by atoms with E-state index in [1.54, 1.807) is 0 Å². The first kappa shape index (κ1) is 19.8. The second kappa shape index (κ2) is 7.52. The highest BCUT2D eigenvalue weighted by molar-refractivity contribution is 6.30. The zero-order chi connectivity index (χ0) is 20.9. The van der Waals surface area contributed by atoms with Gasteiger partial charge in [0.05, 0.1) is 5.41 Å². The molecule has 1 amide bonds. The van der Waals surface area contributed by atoms with Crippen molar-refractivity contribution in [2.45, 2.75) is 57.3 Å². The van der Waals surface area contributed by atoms with Gasteiger partial charge >= 0.3 is 0 Å². The monoisotopic (exact) mass is 424 g/mol. The number of carbonyl (C=O) groups is 1. The van der Waals surface area contributed by atoms with Crippen molar-refractivity contribution in [1.29, 1.82) is 0 Å². The van der Waals surface area contributed by atoms with Gasteiger partial charge in [-0.05, 0) is 92.7 Å². The first-order chi connectivity index (χ1) is 14.4. The van der Waals surface area contributed by atoms with Gasteiger partial charge in [-0.1, -0.05) is 41.9 Å². The van der Waals surface area contributed by atoms with E-state index < -0.39 is 5.41 Å². The van der Waals surface area contributed by atoms with E-state index in [0.29, 0.717) is 28.7 Å². The maximum absolute atomic E-state index is 12.8. The summed E-state index contributed by atoms with van der Waals surface area (Å²) in [5.74, 6) is 4.13. The maximum Gasteiger partial charge on any atom is 0.248 e. The van der Waals surface area contributed by atoms with Gasteiger partial charge in [0.2, 0.25) is 5.91 Å². The molecule has 1 heterocycles. The smallest absolute Gasteiger partial charge is 0.248 e. The number of nitrogens with one attached hydrogen (secondary N) is 2. The van der Waals surface area contributed by atoms with Crippen molar-refractivity contribution in [2.24, 2.45) is 23.7 Å². The van der Waals surface area contributed by atoms with Crippen molar-refractivity contribution >= 4 is 23.3 Å². The summed E-state index contributed by atoms with van der Waals surface area (Å²) in [5.41, 5.74) is 7.18. The molecule has 2 N–H and O–H groups in total. The summed E-state index contributed by atoms with van der Waals surface area (Å²) in [5, 5.41) is 8.89. The fourth-order valence-electron chi connectivity index (χ4n) is 6.38. The van der Waals surface area contributed by atoms with Gasteiger partial charge in [0.25, 0.3) is 0 Å². The third-order valence-corrected chi connectivity index (χ3v) is 8.02. The Kier molecular flexibility index (Phi) is 4.97. The first-order valence-electron chi connectivity index (χ1n) is 11.1. The van der Waals surface area contributed by atoms with E-state index in [4.69, 9.17) is 11.6 Å². The van der Waals surface area contributed by atoms with Gasteiger partial charge in [-0.2, -0.15) is 0 Å². The molecule has 6 heteroatoms. The minimum absolute atomic E-state index is 0.123. The summed E-state index contributed by atoms with van der Waals surface area (Å²) in [7, 11) is 0. The summed E-state index contributed by atoms with van der Waals surface area (Å²) < 4.78 is 0. The number of amides is 1. The zero-order valence-corrected chi connectivity index (χ0v) is 18.3. The largest absolute Gasteiger partial charge is 0.280 e. The maximum atomic E-state index is 12.8. The van der Waals surface area contributed by atoms with E-state index in [1.165, 1.54) is 32.1 Å². The molecular formula is C24H29ClN4O. The van der Waals surface area contributed by atoms with Crippen LogP contribution in [0.2, 0.25) is 5.15 Å². The second-order valence-electron chi connectivity index (χ2n) is 10.0. The van der Waals surface area contributed by atoms with E-state index in [9.17, 15) is 4.79 Å². The number of anilines is 1. The normalized spacial score (nSPS) is 29.6. The van der Waals surface area contributed by atoms with Crippen molar-refractivity contribution in [2.75, 3.05) is 5.43 Å². The molecule has 5 nitrogen and oxygen atoms in total. The summed E-state index contributed by atoms with van der Waals surface area (Å²) >= 11 is 6.52. The molecule has 0 atom stereocenters. The summed E-state index contributed by atoms with van der Waals surface area (Å²) in [6.45, 7) is 3.82. The highest BCUT2D eigenvalue weighted by Crippen LogP contribution is 2.60. The third kappa shape index (κ3) is 3.47. The molecule has 6 rings (SSSR count). The lowest BCUT2D eigenvalue weighted by Gasteiger charge is -2.54. The number of hydrazine groups is 1. The van der Waals surface area contributed by atoms with E-state index in [0.717, 1.165) is 23.0 Å². The quantitative estimate of drug-likeness (QED) is 0.656. The predicted octanol–water partition coefficient (Wildman–Crippen LogP) is 5.09. The SMILES string of the molecule is CC(C)(C(=O)NNc1cc(C2C3CC4CC(C3)CC2C4)c(Cl)nn1)c1ccccc1. The molecule has 2 aromatic rings. The Bertz CT molecular complexity index is 917. The van der Waals surface area contributed by atoms with Crippen LogP contribution in [-0.2, 0) is 10.2 Å². The van der Waals surface area contributed by atoms with Crippen LogP contribution in [0.4, 0.5) is 5.82 Å². The molecule has 1 aromatic heterocycles. The van der Waals surface area contributed by atoms with Crippen LogP contribution >= 0.6 is 11.6 Å². The van der Waals surface area contributed by atoms with Crippen LogP contribution < -0.4 is 10.9 Å². The molecule has 4 bridgehead atoms.